The summed E-state index contributed by atoms with van der Waals surface area (Å²) in [6, 6.07) is 8.77. The zero-order chi connectivity index (χ0) is 12.5. The van der Waals surface area contributed by atoms with Gasteiger partial charge in [-0.25, -0.2) is 0 Å². The summed E-state index contributed by atoms with van der Waals surface area (Å²) < 4.78 is 0. The second kappa shape index (κ2) is 4.96. The molecule has 0 bridgehead atoms. The molecule has 0 fully saturated rings. The van der Waals surface area contributed by atoms with Crippen LogP contribution in [0.3, 0.4) is 0 Å². The Morgan fingerprint density at radius 3 is 2.94 bits per heavy atom. The fraction of sp³-hybridized carbons (Fsp3) is 0.533. The topological polar surface area (TPSA) is 24.4 Å². The predicted octanol–water partition coefficient (Wildman–Crippen LogP) is 3.04. The number of nitrogens with zero attached hydrogens (tertiary/aromatic N) is 1. The highest BCUT2D eigenvalue weighted by molar-refractivity contribution is 8.14. The molecule has 2 nitrogen and oxygen atoms in total. The van der Waals surface area contributed by atoms with Crippen molar-refractivity contribution in [3.05, 3.63) is 35.4 Å². The summed E-state index contributed by atoms with van der Waals surface area (Å²) >= 11 is 1.92. The summed E-state index contributed by atoms with van der Waals surface area (Å²) in [6.45, 7) is 6.57. The summed E-state index contributed by atoms with van der Waals surface area (Å²) in [5.41, 5.74) is 3.04. The average Bonchev–Trinajstić information content (AvgIpc) is 2.79. The van der Waals surface area contributed by atoms with Crippen LogP contribution in [0.15, 0.2) is 29.3 Å². The number of fused-ring (bicyclic) bond motifs is 1. The van der Waals surface area contributed by atoms with Crippen LogP contribution in [0, 0.1) is 5.92 Å². The maximum atomic E-state index is 4.59. The number of amidine groups is 1. The van der Waals surface area contributed by atoms with Gasteiger partial charge in [-0.2, -0.15) is 0 Å². The molecule has 3 rings (SSSR count). The van der Waals surface area contributed by atoms with Gasteiger partial charge < -0.3 is 5.32 Å². The molecule has 1 aromatic rings. The fourth-order valence-electron chi connectivity index (χ4n) is 2.59. The lowest BCUT2D eigenvalue weighted by atomic mass is 9.78. The Morgan fingerprint density at radius 2 is 2.22 bits per heavy atom. The molecule has 1 aromatic carbocycles. The van der Waals surface area contributed by atoms with Gasteiger partial charge in [0.15, 0.2) is 5.17 Å². The van der Waals surface area contributed by atoms with E-state index in [0.717, 1.165) is 18.3 Å². The monoisotopic (exact) mass is 260 g/mol. The van der Waals surface area contributed by atoms with Gasteiger partial charge in [-0.05, 0) is 23.5 Å². The van der Waals surface area contributed by atoms with Crippen LogP contribution in [-0.2, 0) is 6.42 Å². The number of hydrogen-bond donors (Lipinski definition) is 1. The van der Waals surface area contributed by atoms with E-state index >= 15 is 0 Å². The van der Waals surface area contributed by atoms with Crippen LogP contribution >= 0.6 is 11.8 Å². The predicted molar refractivity (Wildman–Crippen MR) is 79.4 cm³/mol. The summed E-state index contributed by atoms with van der Waals surface area (Å²) in [6.07, 6.45) is 1.22. The van der Waals surface area contributed by atoms with E-state index in [2.05, 4.69) is 48.4 Å². The molecule has 0 saturated heterocycles. The lowest BCUT2D eigenvalue weighted by Gasteiger charge is -2.30. The first kappa shape index (κ1) is 12.1. The van der Waals surface area contributed by atoms with Gasteiger partial charge in [0.25, 0.3) is 0 Å². The molecule has 0 radical (unpaired) electrons. The van der Waals surface area contributed by atoms with E-state index in [1.165, 1.54) is 17.5 Å². The molecule has 96 valence electrons. The van der Waals surface area contributed by atoms with Crippen molar-refractivity contribution < 1.29 is 0 Å². The van der Waals surface area contributed by atoms with Gasteiger partial charge >= 0.3 is 0 Å². The highest BCUT2D eigenvalue weighted by Crippen LogP contribution is 2.34. The zero-order valence-electron chi connectivity index (χ0n) is 11.0. The molecule has 18 heavy (non-hydrogen) atoms. The smallest absolute Gasteiger partial charge is 0.156 e. The molecule has 2 unspecified atom stereocenters. The van der Waals surface area contributed by atoms with Gasteiger partial charge in [0, 0.05) is 17.7 Å². The van der Waals surface area contributed by atoms with E-state index in [1.807, 2.05) is 11.8 Å². The Morgan fingerprint density at radius 1 is 1.39 bits per heavy atom. The van der Waals surface area contributed by atoms with Crippen molar-refractivity contribution in [1.82, 2.24) is 5.32 Å². The minimum Gasteiger partial charge on any atom is -0.364 e. The number of rotatable bonds is 3. The first-order chi connectivity index (χ1) is 8.74. The Kier molecular flexibility index (Phi) is 3.33. The molecule has 1 aliphatic heterocycles. The lowest BCUT2D eigenvalue weighted by molar-refractivity contribution is 0.592. The number of nitrogens with one attached hydrogen (secondary N) is 1. The average molecular weight is 260 g/mol. The normalized spacial score (nSPS) is 25.6. The Balaban J connectivity index is 1.50. The van der Waals surface area contributed by atoms with Crippen molar-refractivity contribution in [2.24, 2.45) is 10.9 Å². The second-order valence-corrected chi connectivity index (χ2v) is 6.75. The number of thioether (sulfide) groups is 1. The second-order valence-electron chi connectivity index (χ2n) is 5.53. The number of aliphatic imine (C=N–C) groups is 1. The summed E-state index contributed by atoms with van der Waals surface area (Å²) in [7, 11) is 0. The van der Waals surface area contributed by atoms with Crippen molar-refractivity contribution in [1.29, 1.82) is 0 Å². The fourth-order valence-corrected chi connectivity index (χ4v) is 3.61. The zero-order valence-corrected chi connectivity index (χ0v) is 11.8. The van der Waals surface area contributed by atoms with Crippen molar-refractivity contribution in [2.45, 2.75) is 31.4 Å². The van der Waals surface area contributed by atoms with Crippen molar-refractivity contribution in [3.63, 3.8) is 0 Å². The molecular formula is C15H20N2S. The summed E-state index contributed by atoms with van der Waals surface area (Å²) in [5, 5.41) is 5.34. The molecule has 0 saturated carbocycles. The van der Waals surface area contributed by atoms with E-state index in [9.17, 15) is 0 Å². The molecule has 0 amide bonds. The standard InChI is InChI=1S/C15H20N2S/c1-10(2)14-9-17-15(18-14)16-8-12-7-11-5-3-4-6-13(11)12/h3-6,10,12,14H,7-9H2,1-2H3,(H,16,17). The Bertz CT molecular complexity index is 467. The van der Waals surface area contributed by atoms with E-state index in [-0.39, 0.29) is 0 Å². The van der Waals surface area contributed by atoms with Crippen molar-refractivity contribution in [2.75, 3.05) is 13.1 Å². The number of benzene rings is 1. The largest absolute Gasteiger partial charge is 0.364 e. The molecule has 1 aliphatic carbocycles. The molecule has 3 heteroatoms. The third-order valence-corrected chi connectivity index (χ3v) is 5.38. The highest BCUT2D eigenvalue weighted by atomic mass is 32.2. The SMILES string of the molecule is CC(C)C1CN=C(NCC2Cc3ccccc32)S1. The van der Waals surface area contributed by atoms with Crippen LogP contribution in [0.5, 0.6) is 0 Å². The van der Waals surface area contributed by atoms with E-state index in [1.54, 1.807) is 0 Å². The molecule has 0 aromatic heterocycles. The van der Waals surface area contributed by atoms with Gasteiger partial charge in [0.05, 0.1) is 6.54 Å². The Labute approximate surface area is 113 Å². The van der Waals surface area contributed by atoms with Gasteiger partial charge in [0.2, 0.25) is 0 Å². The molecule has 1 N–H and O–H groups in total. The highest BCUT2D eigenvalue weighted by Gasteiger charge is 2.27. The van der Waals surface area contributed by atoms with Gasteiger partial charge in [0.1, 0.15) is 0 Å². The van der Waals surface area contributed by atoms with Crippen LogP contribution in [0.1, 0.15) is 30.9 Å². The van der Waals surface area contributed by atoms with Crippen LogP contribution in [0.4, 0.5) is 0 Å². The van der Waals surface area contributed by atoms with Gasteiger partial charge in [-0.15, -0.1) is 0 Å². The number of hydrogen-bond acceptors (Lipinski definition) is 3. The minimum atomic E-state index is 0.668. The van der Waals surface area contributed by atoms with Gasteiger partial charge in [-0.1, -0.05) is 49.9 Å². The van der Waals surface area contributed by atoms with Crippen LogP contribution in [0.2, 0.25) is 0 Å². The summed E-state index contributed by atoms with van der Waals surface area (Å²) in [5.74, 6) is 1.39. The lowest BCUT2D eigenvalue weighted by Crippen LogP contribution is -2.31. The quantitative estimate of drug-likeness (QED) is 0.903. The molecule has 1 heterocycles. The summed E-state index contributed by atoms with van der Waals surface area (Å²) in [4.78, 5) is 4.59. The van der Waals surface area contributed by atoms with Crippen LogP contribution in [-0.4, -0.2) is 23.5 Å². The van der Waals surface area contributed by atoms with E-state index < -0.39 is 0 Å². The third-order valence-electron chi connectivity index (χ3n) is 3.88. The minimum absolute atomic E-state index is 0.668. The van der Waals surface area contributed by atoms with Crippen LogP contribution in [0.25, 0.3) is 0 Å². The van der Waals surface area contributed by atoms with Crippen LogP contribution < -0.4 is 5.32 Å². The maximum absolute atomic E-state index is 4.59. The maximum Gasteiger partial charge on any atom is 0.156 e. The molecule has 0 spiro atoms. The van der Waals surface area contributed by atoms with Crippen molar-refractivity contribution in [3.8, 4) is 0 Å². The molecule has 2 atom stereocenters. The van der Waals surface area contributed by atoms with E-state index in [4.69, 9.17) is 0 Å². The molecular weight excluding hydrogens is 240 g/mol. The third kappa shape index (κ3) is 2.28. The van der Waals surface area contributed by atoms with Gasteiger partial charge in [-0.3, -0.25) is 4.99 Å². The molecule has 2 aliphatic rings. The van der Waals surface area contributed by atoms with E-state index in [0.29, 0.717) is 17.1 Å². The first-order valence-corrected chi connectivity index (χ1v) is 7.65. The van der Waals surface area contributed by atoms with Crippen molar-refractivity contribution >= 4 is 16.9 Å². The Hall–Kier alpha value is -0.960. The first-order valence-electron chi connectivity index (χ1n) is 6.77.